The molecule has 0 aliphatic rings. The number of rotatable bonds is 3. The fourth-order valence-electron chi connectivity index (χ4n) is 3.40. The summed E-state index contributed by atoms with van der Waals surface area (Å²) in [6.07, 6.45) is 0. The Balaban J connectivity index is 2.03. The lowest BCUT2D eigenvalue weighted by atomic mass is 10.1. The smallest absolute Gasteiger partial charge is 0.356 e. The van der Waals surface area contributed by atoms with E-state index in [1.165, 1.54) is 12.7 Å². The van der Waals surface area contributed by atoms with Crippen LogP contribution in [0.1, 0.15) is 21.7 Å². The number of carbonyl (C=O) groups excluding carboxylic acids is 1. The summed E-state index contributed by atoms with van der Waals surface area (Å²) in [5.41, 5.74) is 4.51. The fraction of sp³-hybridized carbons (Fsp3) is 0.143. The lowest BCUT2D eigenvalue weighted by molar-refractivity contribution is 0.0594. The van der Waals surface area contributed by atoms with Crippen molar-refractivity contribution in [3.05, 3.63) is 77.6 Å². The van der Waals surface area contributed by atoms with Crippen molar-refractivity contribution < 1.29 is 9.53 Å². The number of ether oxygens (including phenoxy) is 1. The fourth-order valence-corrected chi connectivity index (χ4v) is 3.40. The van der Waals surface area contributed by atoms with Crippen molar-refractivity contribution in [1.82, 2.24) is 9.55 Å². The van der Waals surface area contributed by atoms with Crippen molar-refractivity contribution in [2.24, 2.45) is 0 Å². The third-order valence-electron chi connectivity index (χ3n) is 4.51. The molecule has 0 fully saturated rings. The molecule has 2 heterocycles. The first-order chi connectivity index (χ1) is 12.2. The number of carbonyl (C=O) groups is 1. The lowest BCUT2D eigenvalue weighted by Crippen LogP contribution is -2.06. The van der Waals surface area contributed by atoms with Gasteiger partial charge in [0, 0.05) is 28.5 Å². The average molecular weight is 330 g/mol. The molecule has 0 radical (unpaired) electrons. The Morgan fingerprint density at radius 2 is 1.76 bits per heavy atom. The van der Waals surface area contributed by atoms with Crippen LogP contribution in [-0.4, -0.2) is 22.6 Å². The van der Waals surface area contributed by atoms with Crippen LogP contribution in [0.2, 0.25) is 0 Å². The molecule has 0 amide bonds. The van der Waals surface area contributed by atoms with Crippen LogP contribution >= 0.6 is 0 Å². The Labute approximate surface area is 145 Å². The molecule has 25 heavy (non-hydrogen) atoms. The maximum Gasteiger partial charge on any atom is 0.356 e. The van der Waals surface area contributed by atoms with Crippen LogP contribution in [0.5, 0.6) is 0 Å². The topological polar surface area (TPSA) is 44.1 Å². The van der Waals surface area contributed by atoms with E-state index in [0.717, 1.165) is 34.0 Å². The van der Waals surface area contributed by atoms with E-state index < -0.39 is 5.97 Å². The SMILES string of the molecule is COC(=O)c1cc2c(c(C)n1)c1ccccc1n2Cc1ccccc1. The summed E-state index contributed by atoms with van der Waals surface area (Å²) in [6, 6.07) is 20.4. The van der Waals surface area contributed by atoms with Crippen LogP contribution in [-0.2, 0) is 11.3 Å². The molecule has 4 aromatic rings. The third kappa shape index (κ3) is 2.56. The molecular formula is C21H18N2O2. The maximum absolute atomic E-state index is 12.0. The van der Waals surface area contributed by atoms with Gasteiger partial charge in [-0.05, 0) is 24.6 Å². The van der Waals surface area contributed by atoms with E-state index in [0.29, 0.717) is 5.69 Å². The molecular weight excluding hydrogens is 312 g/mol. The normalized spacial score (nSPS) is 11.1. The van der Waals surface area contributed by atoms with Gasteiger partial charge in [-0.1, -0.05) is 48.5 Å². The van der Waals surface area contributed by atoms with E-state index in [1.807, 2.05) is 43.3 Å². The second-order valence-corrected chi connectivity index (χ2v) is 6.07. The summed E-state index contributed by atoms with van der Waals surface area (Å²) in [5.74, 6) is -0.415. The molecule has 4 nitrogen and oxygen atoms in total. The first-order valence-corrected chi connectivity index (χ1v) is 8.20. The van der Waals surface area contributed by atoms with Gasteiger partial charge >= 0.3 is 5.97 Å². The minimum Gasteiger partial charge on any atom is -0.464 e. The molecule has 0 unspecified atom stereocenters. The van der Waals surface area contributed by atoms with E-state index in [-0.39, 0.29) is 0 Å². The number of para-hydroxylation sites is 1. The second-order valence-electron chi connectivity index (χ2n) is 6.07. The molecule has 0 aliphatic carbocycles. The minimum absolute atomic E-state index is 0.338. The zero-order chi connectivity index (χ0) is 17.4. The number of aromatic nitrogens is 2. The molecule has 0 bridgehead atoms. The van der Waals surface area contributed by atoms with Gasteiger partial charge < -0.3 is 9.30 Å². The predicted octanol–water partition coefficient (Wildman–Crippen LogP) is 4.33. The van der Waals surface area contributed by atoms with Gasteiger partial charge in [0.1, 0.15) is 0 Å². The highest BCUT2D eigenvalue weighted by molar-refractivity contribution is 6.10. The van der Waals surface area contributed by atoms with Gasteiger partial charge in [0.25, 0.3) is 0 Å². The average Bonchev–Trinajstić information content (AvgIpc) is 2.96. The zero-order valence-electron chi connectivity index (χ0n) is 14.2. The standard InChI is InChI=1S/C21H18N2O2/c1-14-20-16-10-6-7-11-18(16)23(13-15-8-4-3-5-9-15)19(20)12-17(22-14)21(24)25-2/h3-12H,13H2,1-2H3. The second kappa shape index (κ2) is 6.06. The summed E-state index contributed by atoms with van der Waals surface area (Å²) in [5, 5.41) is 2.23. The van der Waals surface area contributed by atoms with Gasteiger partial charge in [-0.25, -0.2) is 9.78 Å². The summed E-state index contributed by atoms with van der Waals surface area (Å²) in [7, 11) is 1.38. The predicted molar refractivity (Wildman–Crippen MR) is 98.9 cm³/mol. The largest absolute Gasteiger partial charge is 0.464 e. The third-order valence-corrected chi connectivity index (χ3v) is 4.51. The van der Waals surface area contributed by atoms with E-state index in [1.54, 1.807) is 0 Å². The molecule has 2 aromatic carbocycles. The molecule has 0 saturated carbocycles. The Hall–Kier alpha value is -3.14. The van der Waals surface area contributed by atoms with E-state index in [9.17, 15) is 4.79 Å². The summed E-state index contributed by atoms with van der Waals surface area (Å²) >= 11 is 0. The van der Waals surface area contributed by atoms with Crippen LogP contribution in [0.25, 0.3) is 21.8 Å². The van der Waals surface area contributed by atoms with Gasteiger partial charge in [-0.15, -0.1) is 0 Å². The van der Waals surface area contributed by atoms with Gasteiger partial charge in [-0.3, -0.25) is 0 Å². The highest BCUT2D eigenvalue weighted by atomic mass is 16.5. The Morgan fingerprint density at radius 3 is 2.52 bits per heavy atom. The summed E-state index contributed by atoms with van der Waals surface area (Å²) in [6.45, 7) is 2.67. The van der Waals surface area contributed by atoms with Crippen molar-refractivity contribution in [1.29, 1.82) is 0 Å². The lowest BCUT2D eigenvalue weighted by Gasteiger charge is -2.09. The van der Waals surface area contributed by atoms with Gasteiger partial charge in [0.05, 0.1) is 12.6 Å². The van der Waals surface area contributed by atoms with Crippen LogP contribution in [0, 0.1) is 6.92 Å². The molecule has 0 saturated heterocycles. The van der Waals surface area contributed by atoms with Gasteiger partial charge in [0.15, 0.2) is 5.69 Å². The van der Waals surface area contributed by atoms with Crippen LogP contribution in [0.3, 0.4) is 0 Å². The minimum atomic E-state index is -0.415. The Bertz CT molecular complexity index is 1080. The number of fused-ring (bicyclic) bond motifs is 3. The Kier molecular flexibility index (Phi) is 3.73. The number of aryl methyl sites for hydroxylation is 1. The zero-order valence-corrected chi connectivity index (χ0v) is 14.2. The number of pyridine rings is 1. The molecule has 0 spiro atoms. The van der Waals surface area contributed by atoms with Gasteiger partial charge in [0.2, 0.25) is 0 Å². The number of hydrogen-bond donors (Lipinski definition) is 0. The molecule has 124 valence electrons. The molecule has 4 rings (SSSR count). The van der Waals surface area contributed by atoms with E-state index >= 15 is 0 Å². The van der Waals surface area contributed by atoms with Crippen molar-refractivity contribution in [3.8, 4) is 0 Å². The van der Waals surface area contributed by atoms with Crippen molar-refractivity contribution in [2.75, 3.05) is 7.11 Å². The highest BCUT2D eigenvalue weighted by Gasteiger charge is 2.17. The molecule has 2 aromatic heterocycles. The highest BCUT2D eigenvalue weighted by Crippen LogP contribution is 2.32. The molecule has 0 aliphatic heterocycles. The monoisotopic (exact) mass is 330 g/mol. The molecule has 0 atom stereocenters. The van der Waals surface area contributed by atoms with Crippen molar-refractivity contribution >= 4 is 27.8 Å². The number of nitrogens with zero attached hydrogens (tertiary/aromatic N) is 2. The van der Waals surface area contributed by atoms with E-state index in [4.69, 9.17) is 4.74 Å². The van der Waals surface area contributed by atoms with Crippen molar-refractivity contribution in [2.45, 2.75) is 13.5 Å². The maximum atomic E-state index is 12.0. The van der Waals surface area contributed by atoms with E-state index in [2.05, 4.69) is 33.8 Å². The molecule has 0 N–H and O–H groups in total. The van der Waals surface area contributed by atoms with Crippen LogP contribution < -0.4 is 0 Å². The van der Waals surface area contributed by atoms with Crippen LogP contribution in [0.4, 0.5) is 0 Å². The number of esters is 1. The number of hydrogen-bond acceptors (Lipinski definition) is 3. The first-order valence-electron chi connectivity index (χ1n) is 8.20. The first kappa shape index (κ1) is 15.4. The quantitative estimate of drug-likeness (QED) is 0.525. The summed E-state index contributed by atoms with van der Waals surface area (Å²) in [4.78, 5) is 16.5. The Morgan fingerprint density at radius 1 is 1.04 bits per heavy atom. The number of methoxy groups -OCH3 is 1. The number of benzene rings is 2. The molecule has 4 heteroatoms. The summed E-state index contributed by atoms with van der Waals surface area (Å²) < 4.78 is 7.10. The van der Waals surface area contributed by atoms with Gasteiger partial charge in [-0.2, -0.15) is 0 Å². The van der Waals surface area contributed by atoms with Crippen molar-refractivity contribution in [3.63, 3.8) is 0 Å². The van der Waals surface area contributed by atoms with Crippen LogP contribution in [0.15, 0.2) is 60.7 Å².